The lowest BCUT2D eigenvalue weighted by atomic mass is 9.88. The lowest BCUT2D eigenvalue weighted by molar-refractivity contribution is 0.486. The minimum atomic E-state index is 0.518. The zero-order valence-electron chi connectivity index (χ0n) is 30.7. The molecule has 2 saturated carbocycles. The highest BCUT2D eigenvalue weighted by Crippen LogP contribution is 2.43. The molecule has 6 rings (SSSR count). The number of aryl methyl sites for hydroxylation is 1. The van der Waals surface area contributed by atoms with Crippen LogP contribution in [0.25, 0.3) is 5.76 Å². The van der Waals surface area contributed by atoms with Crippen LogP contribution in [-0.4, -0.2) is 43.2 Å². The number of likely N-dealkylation sites (N-methyl/N-ethyl adjacent to an activating group) is 1. The van der Waals surface area contributed by atoms with Gasteiger partial charge >= 0.3 is 0 Å². The van der Waals surface area contributed by atoms with Crippen molar-refractivity contribution in [2.75, 3.05) is 38.1 Å². The summed E-state index contributed by atoms with van der Waals surface area (Å²) in [5.41, 5.74) is 9.75. The summed E-state index contributed by atoms with van der Waals surface area (Å²) in [6.07, 6.45) is 18.8. The molecule has 0 unspecified atom stereocenters. The number of benzene rings is 2. The van der Waals surface area contributed by atoms with Gasteiger partial charge in [0.1, 0.15) is 5.76 Å². The van der Waals surface area contributed by atoms with Crippen LogP contribution in [0.2, 0.25) is 0 Å². The number of anilines is 1. The minimum absolute atomic E-state index is 0.518. The molecule has 0 bridgehead atoms. The first-order valence-corrected chi connectivity index (χ1v) is 18.3. The Kier molecular flexibility index (Phi) is 19.1. The summed E-state index contributed by atoms with van der Waals surface area (Å²) in [6.45, 7) is 19.5. The summed E-state index contributed by atoms with van der Waals surface area (Å²) in [7, 11) is 2.11. The fourth-order valence-electron chi connectivity index (χ4n) is 5.32. The molecule has 3 aliphatic carbocycles. The van der Waals surface area contributed by atoms with Crippen LogP contribution in [-0.2, 0) is 0 Å². The van der Waals surface area contributed by atoms with E-state index < -0.39 is 0 Å². The van der Waals surface area contributed by atoms with E-state index in [1.807, 2.05) is 58.0 Å². The van der Waals surface area contributed by atoms with Crippen molar-refractivity contribution >= 4 is 11.4 Å². The van der Waals surface area contributed by atoms with E-state index >= 15 is 0 Å². The SMILES string of the molecule is C/C=C\C.CC.CCCCN(CCC1=C(C2CC2)CCC(C)=C1)c1ccc(C(O)=C2CCC2)cc1.CN1CC1.Cc1ccccc1. The smallest absolute Gasteiger partial charge is 0.121 e. The number of aliphatic hydroxyl groups excluding tert-OH is 1. The van der Waals surface area contributed by atoms with Crippen molar-refractivity contribution in [1.82, 2.24) is 4.90 Å². The first-order chi connectivity index (χ1) is 22.4. The zero-order valence-corrected chi connectivity index (χ0v) is 30.7. The lowest BCUT2D eigenvalue weighted by Crippen LogP contribution is -2.26. The van der Waals surface area contributed by atoms with Gasteiger partial charge in [-0.3, -0.25) is 0 Å². The average molecular weight is 627 g/mol. The molecule has 2 aromatic rings. The number of nitrogens with zero attached hydrogens (tertiary/aromatic N) is 2. The van der Waals surface area contributed by atoms with Gasteiger partial charge in [0.05, 0.1) is 0 Å². The number of unbranched alkanes of at least 4 members (excludes halogenated alkanes) is 1. The Morgan fingerprint density at radius 1 is 0.870 bits per heavy atom. The molecule has 1 saturated heterocycles. The predicted molar refractivity (Wildman–Crippen MR) is 205 cm³/mol. The fraction of sp³-hybridized carbons (Fsp3) is 0.535. The van der Waals surface area contributed by atoms with Crippen molar-refractivity contribution in [2.24, 2.45) is 5.92 Å². The summed E-state index contributed by atoms with van der Waals surface area (Å²) in [5.74, 6) is 1.41. The highest BCUT2D eigenvalue weighted by Gasteiger charge is 2.29. The van der Waals surface area contributed by atoms with E-state index in [1.165, 1.54) is 74.9 Å². The van der Waals surface area contributed by atoms with E-state index in [1.54, 1.807) is 16.7 Å². The van der Waals surface area contributed by atoms with Gasteiger partial charge in [0.2, 0.25) is 0 Å². The quantitative estimate of drug-likeness (QED) is 0.170. The maximum Gasteiger partial charge on any atom is 0.121 e. The molecular formula is C43H66N2O. The monoisotopic (exact) mass is 627 g/mol. The van der Waals surface area contributed by atoms with Gasteiger partial charge in [0.15, 0.2) is 0 Å². The second kappa shape index (κ2) is 22.5. The topological polar surface area (TPSA) is 26.5 Å². The number of hydrogen-bond donors (Lipinski definition) is 1. The molecule has 3 heteroatoms. The van der Waals surface area contributed by atoms with E-state index in [9.17, 15) is 5.11 Å². The average Bonchev–Trinajstić information content (AvgIpc) is 4.01. The number of aliphatic hydroxyl groups is 1. The summed E-state index contributed by atoms with van der Waals surface area (Å²) < 4.78 is 0. The Hall–Kier alpha value is -3.04. The van der Waals surface area contributed by atoms with Crippen molar-refractivity contribution in [2.45, 2.75) is 113 Å². The number of hydrogen-bond acceptors (Lipinski definition) is 3. The third-order valence-electron chi connectivity index (χ3n) is 8.87. The van der Waals surface area contributed by atoms with Gasteiger partial charge in [0, 0.05) is 37.4 Å². The standard InChI is InChI=1S/C27H37NO.C7H8.C4H8.C3H7N.C2H6/c1-3-4-17-28(18-16-24-19-20(2)8-15-26(24)21-9-10-21)25-13-11-23(12-14-25)27(29)22-6-5-7-22;1-7-5-3-2-4-6-7;1-3-4-2;1-4-2-3-4;1-2/h11-14,19,21,29H,3-10,15-18H2,1-2H3;2-6H,1H3;3-4H,1-2H3;2-3H2,1H3;1-2H3/b;;4-3-;;. The van der Waals surface area contributed by atoms with E-state index in [0.29, 0.717) is 5.76 Å². The third-order valence-corrected chi connectivity index (χ3v) is 8.87. The van der Waals surface area contributed by atoms with Crippen molar-refractivity contribution in [3.8, 4) is 0 Å². The summed E-state index contributed by atoms with van der Waals surface area (Å²) in [5, 5.41) is 10.5. The lowest BCUT2D eigenvalue weighted by Gasteiger charge is -2.27. The van der Waals surface area contributed by atoms with Gasteiger partial charge in [0.25, 0.3) is 0 Å². The Morgan fingerprint density at radius 3 is 1.91 bits per heavy atom. The second-order valence-corrected chi connectivity index (χ2v) is 12.9. The molecule has 0 spiro atoms. The zero-order chi connectivity index (χ0) is 33.7. The van der Waals surface area contributed by atoms with Crippen molar-refractivity contribution in [3.63, 3.8) is 0 Å². The van der Waals surface area contributed by atoms with Crippen LogP contribution in [0.1, 0.15) is 117 Å². The molecule has 0 aromatic heterocycles. The normalized spacial score (nSPS) is 16.6. The van der Waals surface area contributed by atoms with Crippen molar-refractivity contribution in [1.29, 1.82) is 0 Å². The molecule has 4 aliphatic rings. The highest BCUT2D eigenvalue weighted by molar-refractivity contribution is 5.65. The van der Waals surface area contributed by atoms with Crippen molar-refractivity contribution in [3.05, 3.63) is 106 Å². The predicted octanol–water partition coefficient (Wildman–Crippen LogP) is 12.1. The molecule has 254 valence electrons. The fourth-order valence-corrected chi connectivity index (χ4v) is 5.32. The maximum atomic E-state index is 10.5. The Bertz CT molecular complexity index is 1220. The number of rotatable bonds is 9. The first kappa shape index (κ1) is 39.1. The molecular weight excluding hydrogens is 560 g/mol. The Labute approximate surface area is 283 Å². The molecule has 3 fully saturated rings. The van der Waals surface area contributed by atoms with Gasteiger partial charge in [-0.25, -0.2) is 0 Å². The largest absolute Gasteiger partial charge is 0.507 e. The Morgan fingerprint density at radius 2 is 1.48 bits per heavy atom. The van der Waals surface area contributed by atoms with Crippen molar-refractivity contribution < 1.29 is 5.11 Å². The van der Waals surface area contributed by atoms with Crippen LogP contribution in [0.4, 0.5) is 5.69 Å². The third kappa shape index (κ3) is 15.0. The van der Waals surface area contributed by atoms with Gasteiger partial charge in [-0.05, 0) is 134 Å². The summed E-state index contributed by atoms with van der Waals surface area (Å²) in [4.78, 5) is 4.80. The van der Waals surface area contributed by atoms with Crippen LogP contribution < -0.4 is 4.90 Å². The summed E-state index contributed by atoms with van der Waals surface area (Å²) in [6, 6.07) is 18.9. The Balaban J connectivity index is 0.000000353. The second-order valence-electron chi connectivity index (χ2n) is 12.9. The van der Waals surface area contributed by atoms with E-state index in [-0.39, 0.29) is 0 Å². The molecule has 1 N–H and O–H groups in total. The first-order valence-electron chi connectivity index (χ1n) is 18.3. The van der Waals surface area contributed by atoms with Crippen LogP contribution in [0.5, 0.6) is 0 Å². The summed E-state index contributed by atoms with van der Waals surface area (Å²) >= 11 is 0. The molecule has 1 heterocycles. The van der Waals surface area contributed by atoms with E-state index in [2.05, 4.69) is 80.1 Å². The van der Waals surface area contributed by atoms with Gasteiger partial charge in [-0.2, -0.15) is 0 Å². The van der Waals surface area contributed by atoms with E-state index in [0.717, 1.165) is 43.8 Å². The molecule has 0 radical (unpaired) electrons. The number of allylic oxidation sites excluding steroid dienone is 6. The van der Waals surface area contributed by atoms with Gasteiger partial charge < -0.3 is 14.9 Å². The molecule has 2 aromatic carbocycles. The molecule has 0 atom stereocenters. The van der Waals surface area contributed by atoms with Crippen LogP contribution in [0.15, 0.2) is 95.1 Å². The molecule has 0 amide bonds. The van der Waals surface area contributed by atoms with Crippen LogP contribution >= 0.6 is 0 Å². The minimum Gasteiger partial charge on any atom is -0.507 e. The molecule has 3 nitrogen and oxygen atoms in total. The van der Waals surface area contributed by atoms with Crippen LogP contribution in [0.3, 0.4) is 0 Å². The van der Waals surface area contributed by atoms with Gasteiger partial charge in [-0.15, -0.1) is 0 Å². The maximum absolute atomic E-state index is 10.5. The molecule has 46 heavy (non-hydrogen) atoms. The molecule has 1 aliphatic heterocycles. The highest BCUT2D eigenvalue weighted by atomic mass is 16.3. The van der Waals surface area contributed by atoms with Gasteiger partial charge in [-0.1, -0.05) is 92.5 Å². The van der Waals surface area contributed by atoms with E-state index in [4.69, 9.17) is 0 Å². The van der Waals surface area contributed by atoms with Crippen LogP contribution in [0, 0.1) is 12.8 Å².